The van der Waals surface area contributed by atoms with Crippen LogP contribution in [0.5, 0.6) is 5.75 Å². The van der Waals surface area contributed by atoms with Crippen molar-refractivity contribution in [3.8, 4) is 5.75 Å². The van der Waals surface area contributed by atoms with E-state index in [1.807, 2.05) is 12.1 Å². The zero-order valence-electron chi connectivity index (χ0n) is 12.2. The Morgan fingerprint density at radius 2 is 2.04 bits per heavy atom. The lowest BCUT2D eigenvalue weighted by atomic mass is 10.2. The molecule has 2 aromatic carbocycles. The number of furan rings is 1. The van der Waals surface area contributed by atoms with Crippen molar-refractivity contribution in [1.29, 1.82) is 0 Å². The molecule has 4 nitrogen and oxygen atoms in total. The summed E-state index contributed by atoms with van der Waals surface area (Å²) in [5, 5.41) is 4.63. The minimum Gasteiger partial charge on any atom is -0.493 e. The van der Waals surface area contributed by atoms with Crippen molar-refractivity contribution >= 4 is 40.1 Å². The monoisotopic (exact) mass is 349 g/mol. The van der Waals surface area contributed by atoms with Crippen LogP contribution in [0, 0.1) is 0 Å². The van der Waals surface area contributed by atoms with Crippen LogP contribution in [-0.4, -0.2) is 13.0 Å². The molecule has 0 atom stereocenters. The van der Waals surface area contributed by atoms with Crippen LogP contribution in [0.3, 0.4) is 0 Å². The van der Waals surface area contributed by atoms with E-state index in [1.54, 1.807) is 37.4 Å². The topological polar surface area (TPSA) is 51.5 Å². The van der Waals surface area contributed by atoms with E-state index in [9.17, 15) is 4.79 Å². The van der Waals surface area contributed by atoms with Crippen molar-refractivity contribution in [3.05, 3.63) is 63.8 Å². The molecular formula is C17H13Cl2NO3. The largest absolute Gasteiger partial charge is 0.493 e. The Labute approximate surface area is 142 Å². The van der Waals surface area contributed by atoms with Crippen molar-refractivity contribution < 1.29 is 13.9 Å². The van der Waals surface area contributed by atoms with E-state index in [0.717, 1.165) is 10.9 Å². The molecule has 0 bridgehead atoms. The Morgan fingerprint density at radius 1 is 1.22 bits per heavy atom. The summed E-state index contributed by atoms with van der Waals surface area (Å²) in [5.74, 6) is 0.478. The predicted octanol–water partition coefficient (Wildman–Crippen LogP) is 4.68. The molecule has 0 saturated carbocycles. The first-order valence-corrected chi connectivity index (χ1v) is 7.63. The van der Waals surface area contributed by atoms with Gasteiger partial charge in [-0.15, -0.1) is 0 Å². The van der Waals surface area contributed by atoms with Crippen LogP contribution < -0.4 is 10.1 Å². The van der Waals surface area contributed by atoms with Gasteiger partial charge in [0.25, 0.3) is 5.91 Å². The van der Waals surface area contributed by atoms with Crippen LogP contribution in [0.4, 0.5) is 0 Å². The summed E-state index contributed by atoms with van der Waals surface area (Å²) in [7, 11) is 1.56. The molecule has 0 spiro atoms. The molecule has 1 heterocycles. The molecule has 118 valence electrons. The van der Waals surface area contributed by atoms with Crippen LogP contribution in [0.1, 0.15) is 16.1 Å². The summed E-state index contributed by atoms with van der Waals surface area (Å²) in [5.41, 5.74) is 1.32. The second-order valence-corrected chi connectivity index (χ2v) is 5.75. The Balaban J connectivity index is 1.78. The van der Waals surface area contributed by atoms with Gasteiger partial charge in [0.15, 0.2) is 17.1 Å². The molecule has 6 heteroatoms. The van der Waals surface area contributed by atoms with E-state index < -0.39 is 0 Å². The number of para-hydroxylation sites is 1. The minimum absolute atomic E-state index is 0.217. The number of rotatable bonds is 4. The van der Waals surface area contributed by atoms with Crippen LogP contribution in [0.2, 0.25) is 10.0 Å². The lowest BCUT2D eigenvalue weighted by Gasteiger charge is -2.06. The lowest BCUT2D eigenvalue weighted by molar-refractivity contribution is 0.0925. The molecule has 0 aliphatic heterocycles. The fourth-order valence-corrected chi connectivity index (χ4v) is 2.71. The summed E-state index contributed by atoms with van der Waals surface area (Å²) < 4.78 is 10.8. The highest BCUT2D eigenvalue weighted by atomic mass is 35.5. The summed E-state index contributed by atoms with van der Waals surface area (Å²) >= 11 is 11.9. The number of carbonyl (C=O) groups excluding carboxylic acids is 1. The highest BCUT2D eigenvalue weighted by Gasteiger charge is 2.15. The molecule has 0 unspecified atom stereocenters. The zero-order valence-corrected chi connectivity index (χ0v) is 13.7. The van der Waals surface area contributed by atoms with E-state index in [-0.39, 0.29) is 18.2 Å². The highest BCUT2D eigenvalue weighted by molar-refractivity contribution is 6.35. The maximum atomic E-state index is 12.3. The van der Waals surface area contributed by atoms with Crippen LogP contribution in [0.15, 0.2) is 46.9 Å². The molecule has 0 fully saturated rings. The van der Waals surface area contributed by atoms with E-state index in [1.165, 1.54) is 0 Å². The summed E-state index contributed by atoms with van der Waals surface area (Å²) in [6, 6.07) is 12.3. The first-order valence-electron chi connectivity index (χ1n) is 6.87. The fourth-order valence-electron chi connectivity index (χ4n) is 2.24. The normalized spacial score (nSPS) is 10.7. The molecular weight excluding hydrogens is 337 g/mol. The van der Waals surface area contributed by atoms with Crippen molar-refractivity contribution in [2.45, 2.75) is 6.54 Å². The standard InChI is InChI=1S/C17H13Cl2NO3/c1-22-14-4-2-3-10-7-15(23-16(10)14)17(21)20-9-11-5-6-12(18)8-13(11)19/h2-8H,9H2,1H3,(H,20,21). The second-order valence-electron chi connectivity index (χ2n) is 4.91. The van der Waals surface area contributed by atoms with Crippen LogP contribution in [0.25, 0.3) is 11.0 Å². The van der Waals surface area contributed by atoms with Crippen molar-refractivity contribution in [2.24, 2.45) is 0 Å². The Kier molecular flexibility index (Phi) is 4.46. The third-order valence-electron chi connectivity index (χ3n) is 3.41. The first-order chi connectivity index (χ1) is 11.1. The van der Waals surface area contributed by atoms with Gasteiger partial charge in [0.1, 0.15) is 0 Å². The molecule has 1 aromatic heterocycles. The van der Waals surface area contributed by atoms with Gasteiger partial charge in [0.05, 0.1) is 7.11 Å². The number of ether oxygens (including phenoxy) is 1. The number of hydrogen-bond acceptors (Lipinski definition) is 3. The number of amides is 1. The third-order valence-corrected chi connectivity index (χ3v) is 3.99. The van der Waals surface area contributed by atoms with E-state index >= 15 is 0 Å². The number of fused-ring (bicyclic) bond motifs is 1. The maximum absolute atomic E-state index is 12.3. The minimum atomic E-state index is -0.325. The molecule has 1 N–H and O–H groups in total. The maximum Gasteiger partial charge on any atom is 0.287 e. The summed E-state index contributed by atoms with van der Waals surface area (Å²) in [6.07, 6.45) is 0. The van der Waals surface area contributed by atoms with Gasteiger partial charge in [-0.25, -0.2) is 0 Å². The third kappa shape index (κ3) is 3.28. The van der Waals surface area contributed by atoms with E-state index in [0.29, 0.717) is 21.4 Å². The van der Waals surface area contributed by atoms with Crippen molar-refractivity contribution in [3.63, 3.8) is 0 Å². The molecule has 3 rings (SSSR count). The smallest absolute Gasteiger partial charge is 0.287 e. The van der Waals surface area contributed by atoms with Gasteiger partial charge < -0.3 is 14.5 Å². The average Bonchev–Trinajstić information content (AvgIpc) is 2.98. The molecule has 3 aromatic rings. The van der Waals surface area contributed by atoms with Crippen LogP contribution >= 0.6 is 23.2 Å². The average molecular weight is 350 g/mol. The number of nitrogens with one attached hydrogen (secondary N) is 1. The molecule has 0 aliphatic carbocycles. The predicted molar refractivity (Wildman–Crippen MR) is 90.4 cm³/mol. The van der Waals surface area contributed by atoms with Crippen LogP contribution in [-0.2, 0) is 6.54 Å². The number of methoxy groups -OCH3 is 1. The van der Waals surface area contributed by atoms with E-state index in [2.05, 4.69) is 5.32 Å². The van der Waals surface area contributed by atoms with Gasteiger partial charge in [-0.05, 0) is 29.8 Å². The molecule has 0 aliphatic rings. The first kappa shape index (κ1) is 15.7. The second kappa shape index (κ2) is 6.52. The number of carbonyl (C=O) groups is 1. The SMILES string of the molecule is COc1cccc2cc(C(=O)NCc3ccc(Cl)cc3Cl)oc12. The van der Waals surface area contributed by atoms with Gasteiger partial charge in [-0.2, -0.15) is 0 Å². The van der Waals surface area contributed by atoms with Gasteiger partial charge >= 0.3 is 0 Å². The molecule has 23 heavy (non-hydrogen) atoms. The fraction of sp³-hybridized carbons (Fsp3) is 0.118. The van der Waals surface area contributed by atoms with Gasteiger partial charge in [-0.1, -0.05) is 41.4 Å². The number of hydrogen-bond donors (Lipinski definition) is 1. The lowest BCUT2D eigenvalue weighted by Crippen LogP contribution is -2.22. The number of halogens is 2. The van der Waals surface area contributed by atoms with E-state index in [4.69, 9.17) is 32.4 Å². The Morgan fingerprint density at radius 3 is 2.78 bits per heavy atom. The van der Waals surface area contributed by atoms with Crippen molar-refractivity contribution in [1.82, 2.24) is 5.32 Å². The number of benzene rings is 2. The summed E-state index contributed by atoms with van der Waals surface area (Å²) in [6.45, 7) is 0.281. The van der Waals surface area contributed by atoms with Gasteiger partial charge in [0, 0.05) is 22.0 Å². The molecule has 1 amide bonds. The Bertz CT molecular complexity index is 873. The molecule has 0 radical (unpaired) electrons. The van der Waals surface area contributed by atoms with Gasteiger partial charge in [0.2, 0.25) is 0 Å². The highest BCUT2D eigenvalue weighted by Crippen LogP contribution is 2.28. The Hall–Kier alpha value is -2.17. The quantitative estimate of drug-likeness (QED) is 0.743. The summed E-state index contributed by atoms with van der Waals surface area (Å²) in [4.78, 5) is 12.3. The van der Waals surface area contributed by atoms with Crippen molar-refractivity contribution in [2.75, 3.05) is 7.11 Å². The zero-order chi connectivity index (χ0) is 16.4. The molecule has 0 saturated heterocycles. The van der Waals surface area contributed by atoms with Gasteiger partial charge in [-0.3, -0.25) is 4.79 Å².